The van der Waals surface area contributed by atoms with E-state index >= 15 is 0 Å². The Bertz CT molecular complexity index is 829. The number of hydrogen-bond donors (Lipinski definition) is 0. The highest BCUT2D eigenvalue weighted by atomic mass is 19.1. The second-order valence-corrected chi connectivity index (χ2v) is 5.66. The van der Waals surface area contributed by atoms with Crippen molar-refractivity contribution >= 4 is 0 Å². The van der Waals surface area contributed by atoms with Gasteiger partial charge in [0.1, 0.15) is 24.0 Å². The van der Waals surface area contributed by atoms with Gasteiger partial charge in [0.15, 0.2) is 0 Å². The van der Waals surface area contributed by atoms with Crippen LogP contribution in [0, 0.1) is 11.6 Å². The van der Waals surface area contributed by atoms with Crippen molar-refractivity contribution in [2.75, 3.05) is 0 Å². The van der Waals surface area contributed by atoms with Gasteiger partial charge in [-0.1, -0.05) is 19.0 Å². The zero-order valence-electron chi connectivity index (χ0n) is 13.3. The molecule has 0 N–H and O–H groups in total. The highest BCUT2D eigenvalue weighted by Crippen LogP contribution is 2.23. The van der Waals surface area contributed by atoms with Crippen LogP contribution in [0.15, 0.2) is 47.0 Å². The van der Waals surface area contributed by atoms with E-state index in [1.165, 1.54) is 0 Å². The first-order chi connectivity index (χ1) is 11.5. The molecule has 0 unspecified atom stereocenters. The van der Waals surface area contributed by atoms with Crippen LogP contribution >= 0.6 is 0 Å². The monoisotopic (exact) mass is 330 g/mol. The van der Waals surface area contributed by atoms with Gasteiger partial charge >= 0.3 is 0 Å². The van der Waals surface area contributed by atoms with Crippen LogP contribution in [0.25, 0.3) is 11.4 Å². The molecule has 0 spiro atoms. The Morgan fingerprint density at radius 1 is 1.08 bits per heavy atom. The molecule has 24 heavy (non-hydrogen) atoms. The molecule has 0 aliphatic rings. The summed E-state index contributed by atoms with van der Waals surface area (Å²) in [6, 6.07) is 10.3. The van der Waals surface area contributed by atoms with E-state index in [-0.39, 0.29) is 18.1 Å². The molecule has 0 atom stereocenters. The van der Waals surface area contributed by atoms with Gasteiger partial charge in [-0.25, -0.2) is 8.78 Å². The molecule has 1 aromatic heterocycles. The van der Waals surface area contributed by atoms with E-state index in [4.69, 9.17) is 9.26 Å². The fourth-order valence-electron chi connectivity index (χ4n) is 2.10. The number of halogens is 2. The van der Waals surface area contributed by atoms with Gasteiger partial charge < -0.3 is 9.26 Å². The third kappa shape index (κ3) is 3.59. The van der Waals surface area contributed by atoms with Gasteiger partial charge in [-0.15, -0.1) is 0 Å². The first-order valence-electron chi connectivity index (χ1n) is 7.53. The minimum atomic E-state index is -0.499. The maximum absolute atomic E-state index is 13.6. The summed E-state index contributed by atoms with van der Waals surface area (Å²) in [6.45, 7) is 3.89. The molecule has 0 saturated heterocycles. The van der Waals surface area contributed by atoms with Gasteiger partial charge in [-0.3, -0.25) is 0 Å². The molecule has 0 fully saturated rings. The standard InChI is InChI=1S/C18H16F2N2O2/c1-11(2)18-21-17(22-24-18)12-3-6-15(7-4-12)23-10-13-9-14(19)5-8-16(13)20/h3-9,11H,10H2,1-2H3. The van der Waals surface area contributed by atoms with Crippen LogP contribution in [0.5, 0.6) is 5.75 Å². The highest BCUT2D eigenvalue weighted by molar-refractivity contribution is 5.55. The molecule has 1 heterocycles. The predicted molar refractivity (Wildman–Crippen MR) is 84.5 cm³/mol. The van der Waals surface area contributed by atoms with E-state index in [0.29, 0.717) is 17.5 Å². The first-order valence-corrected chi connectivity index (χ1v) is 7.53. The number of ether oxygens (including phenoxy) is 1. The van der Waals surface area contributed by atoms with Crippen molar-refractivity contribution < 1.29 is 18.0 Å². The van der Waals surface area contributed by atoms with Crippen LogP contribution in [0.3, 0.4) is 0 Å². The Hall–Kier alpha value is -2.76. The van der Waals surface area contributed by atoms with E-state index in [0.717, 1.165) is 23.8 Å². The minimum absolute atomic E-state index is 0.0529. The molecule has 0 saturated carbocycles. The van der Waals surface area contributed by atoms with Gasteiger partial charge in [0, 0.05) is 17.0 Å². The number of hydrogen-bond acceptors (Lipinski definition) is 4. The lowest BCUT2D eigenvalue weighted by Crippen LogP contribution is -1.99. The highest BCUT2D eigenvalue weighted by Gasteiger charge is 2.11. The lowest BCUT2D eigenvalue weighted by atomic mass is 10.2. The van der Waals surface area contributed by atoms with E-state index in [1.54, 1.807) is 24.3 Å². The fourth-order valence-corrected chi connectivity index (χ4v) is 2.10. The lowest BCUT2D eigenvalue weighted by Gasteiger charge is -2.07. The summed E-state index contributed by atoms with van der Waals surface area (Å²) < 4.78 is 37.3. The van der Waals surface area contributed by atoms with Crippen molar-refractivity contribution in [2.24, 2.45) is 0 Å². The number of benzene rings is 2. The van der Waals surface area contributed by atoms with E-state index < -0.39 is 11.6 Å². The molecule has 0 aliphatic carbocycles. The Morgan fingerprint density at radius 3 is 2.50 bits per heavy atom. The van der Waals surface area contributed by atoms with Crippen LogP contribution in [0.4, 0.5) is 8.78 Å². The van der Waals surface area contributed by atoms with E-state index in [9.17, 15) is 8.78 Å². The topological polar surface area (TPSA) is 48.2 Å². The van der Waals surface area contributed by atoms with Crippen LogP contribution in [-0.4, -0.2) is 10.1 Å². The third-order valence-corrected chi connectivity index (χ3v) is 3.45. The SMILES string of the molecule is CC(C)c1nc(-c2ccc(OCc3cc(F)ccc3F)cc2)no1. The Balaban J connectivity index is 1.69. The first kappa shape index (κ1) is 16.1. The summed E-state index contributed by atoms with van der Waals surface area (Å²) in [5.74, 6) is 0.780. The average molecular weight is 330 g/mol. The van der Waals surface area contributed by atoms with Crippen LogP contribution in [-0.2, 0) is 6.61 Å². The summed E-state index contributed by atoms with van der Waals surface area (Å²) in [5, 5.41) is 3.93. The molecule has 0 bridgehead atoms. The van der Waals surface area contributed by atoms with Gasteiger partial charge in [0.05, 0.1) is 0 Å². The number of rotatable bonds is 5. The smallest absolute Gasteiger partial charge is 0.229 e. The summed E-state index contributed by atoms with van der Waals surface area (Å²) >= 11 is 0. The van der Waals surface area contributed by atoms with Crippen molar-refractivity contribution in [2.45, 2.75) is 26.4 Å². The molecular formula is C18H16F2N2O2. The Morgan fingerprint density at radius 2 is 1.83 bits per heavy atom. The fraction of sp³-hybridized carbons (Fsp3) is 0.222. The average Bonchev–Trinajstić information content (AvgIpc) is 3.06. The summed E-state index contributed by atoms with van der Waals surface area (Å²) in [7, 11) is 0. The lowest BCUT2D eigenvalue weighted by molar-refractivity contribution is 0.299. The summed E-state index contributed by atoms with van der Waals surface area (Å²) in [5.41, 5.74) is 0.953. The molecule has 0 radical (unpaired) electrons. The molecule has 2 aromatic carbocycles. The summed E-state index contributed by atoms with van der Waals surface area (Å²) in [6.07, 6.45) is 0. The second kappa shape index (κ2) is 6.78. The maximum Gasteiger partial charge on any atom is 0.229 e. The van der Waals surface area contributed by atoms with Crippen molar-refractivity contribution in [3.8, 4) is 17.1 Å². The third-order valence-electron chi connectivity index (χ3n) is 3.45. The zero-order valence-corrected chi connectivity index (χ0v) is 13.3. The second-order valence-electron chi connectivity index (χ2n) is 5.66. The molecule has 3 aromatic rings. The number of nitrogens with zero attached hydrogens (tertiary/aromatic N) is 2. The van der Waals surface area contributed by atoms with Gasteiger partial charge in [0.25, 0.3) is 0 Å². The summed E-state index contributed by atoms with van der Waals surface area (Å²) in [4.78, 5) is 4.31. The van der Waals surface area contributed by atoms with Crippen LogP contribution < -0.4 is 4.74 Å². The van der Waals surface area contributed by atoms with Crippen LogP contribution in [0.1, 0.15) is 31.2 Å². The van der Waals surface area contributed by atoms with Crippen molar-refractivity contribution in [1.82, 2.24) is 10.1 Å². The molecule has 0 amide bonds. The van der Waals surface area contributed by atoms with Gasteiger partial charge in [-0.2, -0.15) is 4.98 Å². The molecule has 124 valence electrons. The normalized spacial score (nSPS) is 11.0. The molecular weight excluding hydrogens is 314 g/mol. The zero-order chi connectivity index (χ0) is 17.1. The quantitative estimate of drug-likeness (QED) is 0.679. The van der Waals surface area contributed by atoms with Crippen molar-refractivity contribution in [3.63, 3.8) is 0 Å². The largest absolute Gasteiger partial charge is 0.489 e. The molecule has 0 aliphatic heterocycles. The predicted octanol–water partition coefficient (Wildman–Crippen LogP) is 4.72. The Labute approximate surface area is 138 Å². The molecule has 3 rings (SSSR count). The van der Waals surface area contributed by atoms with E-state index in [2.05, 4.69) is 10.1 Å². The maximum atomic E-state index is 13.6. The van der Waals surface area contributed by atoms with E-state index in [1.807, 2.05) is 13.8 Å². The van der Waals surface area contributed by atoms with Crippen molar-refractivity contribution in [3.05, 3.63) is 65.6 Å². The van der Waals surface area contributed by atoms with Gasteiger partial charge in [-0.05, 0) is 42.5 Å². The number of aromatic nitrogens is 2. The molecule has 6 heteroatoms. The van der Waals surface area contributed by atoms with Crippen LogP contribution in [0.2, 0.25) is 0 Å². The Kier molecular flexibility index (Phi) is 4.55. The van der Waals surface area contributed by atoms with Gasteiger partial charge in [0.2, 0.25) is 11.7 Å². The minimum Gasteiger partial charge on any atom is -0.489 e. The van der Waals surface area contributed by atoms with Crippen molar-refractivity contribution in [1.29, 1.82) is 0 Å². The molecule has 4 nitrogen and oxygen atoms in total.